The zero-order valence-corrected chi connectivity index (χ0v) is 23.8. The Morgan fingerprint density at radius 3 is 2.72 bits per heavy atom. The first-order valence-electron chi connectivity index (χ1n) is 13.6. The lowest BCUT2D eigenvalue weighted by Gasteiger charge is -2.34. The van der Waals surface area contributed by atoms with Crippen molar-refractivity contribution in [2.24, 2.45) is 7.05 Å². The van der Waals surface area contributed by atoms with Crippen LogP contribution in [0, 0.1) is 6.92 Å². The summed E-state index contributed by atoms with van der Waals surface area (Å²) in [7, 11) is 3.42. The molecule has 0 spiro atoms. The molecular formula is C28H30FN9O5. The van der Waals surface area contributed by atoms with Crippen LogP contribution in [-0.2, 0) is 13.6 Å². The first kappa shape index (κ1) is 27.9. The maximum atomic E-state index is 14.4. The Bertz CT molecular complexity index is 1820. The molecule has 14 nitrogen and oxygen atoms in total. The van der Waals surface area contributed by atoms with E-state index >= 15 is 0 Å². The number of methoxy groups -OCH3 is 1. The fourth-order valence-electron chi connectivity index (χ4n) is 5.65. The van der Waals surface area contributed by atoms with Gasteiger partial charge >= 0.3 is 6.09 Å². The second kappa shape index (κ2) is 11.2. The third-order valence-electron chi connectivity index (χ3n) is 7.62. The molecular weight excluding hydrogens is 561 g/mol. The third kappa shape index (κ3) is 5.29. The van der Waals surface area contributed by atoms with E-state index in [0.717, 1.165) is 22.2 Å². The van der Waals surface area contributed by atoms with Gasteiger partial charge in [-0.1, -0.05) is 0 Å². The highest BCUT2D eigenvalue weighted by Crippen LogP contribution is 2.36. The lowest BCUT2D eigenvalue weighted by atomic mass is 10.0. The lowest BCUT2D eigenvalue weighted by molar-refractivity contribution is 0.0577. The highest BCUT2D eigenvalue weighted by molar-refractivity contribution is 5.96. The summed E-state index contributed by atoms with van der Waals surface area (Å²) in [5, 5.41) is 24.7. The van der Waals surface area contributed by atoms with Gasteiger partial charge in [0.05, 0.1) is 37.5 Å². The maximum Gasteiger partial charge on any atom is 0.404 e. The summed E-state index contributed by atoms with van der Waals surface area (Å²) in [5.41, 5.74) is 4.03. The summed E-state index contributed by atoms with van der Waals surface area (Å²) in [6.07, 6.45) is 3.92. The van der Waals surface area contributed by atoms with Crippen LogP contribution in [0.5, 0.6) is 11.6 Å². The molecule has 0 radical (unpaired) electrons. The quantitative estimate of drug-likeness (QED) is 0.277. The fraction of sp³-hybridized carbons (Fsp3) is 0.357. The van der Waals surface area contributed by atoms with Gasteiger partial charge in [0.15, 0.2) is 0 Å². The molecule has 0 aromatic carbocycles. The van der Waals surface area contributed by atoms with Crippen LogP contribution < -0.4 is 14.8 Å². The molecule has 0 bridgehead atoms. The Labute approximate surface area is 244 Å². The number of aromatic nitrogens is 7. The Kier molecular flexibility index (Phi) is 7.29. The van der Waals surface area contributed by atoms with Crippen LogP contribution in [-0.4, -0.2) is 95.0 Å². The molecule has 1 saturated heterocycles. The summed E-state index contributed by atoms with van der Waals surface area (Å²) in [4.78, 5) is 30.4. The number of carboxylic acid groups (broad SMARTS) is 1. The van der Waals surface area contributed by atoms with E-state index in [0.29, 0.717) is 36.0 Å². The van der Waals surface area contributed by atoms with E-state index in [1.54, 1.807) is 35.6 Å². The van der Waals surface area contributed by atoms with Crippen molar-refractivity contribution in [1.29, 1.82) is 0 Å². The van der Waals surface area contributed by atoms with Gasteiger partial charge in [0, 0.05) is 43.4 Å². The molecule has 5 aromatic heterocycles. The summed E-state index contributed by atoms with van der Waals surface area (Å²) >= 11 is 0. The van der Waals surface area contributed by atoms with Crippen LogP contribution in [0.15, 0.2) is 43.2 Å². The number of alkyl halides is 1. The van der Waals surface area contributed by atoms with Crippen molar-refractivity contribution < 1.29 is 28.6 Å². The van der Waals surface area contributed by atoms with Gasteiger partial charge in [-0.15, -0.1) is 10.2 Å². The summed E-state index contributed by atoms with van der Waals surface area (Å²) < 4.78 is 31.5. The number of rotatable bonds is 8. The van der Waals surface area contributed by atoms with E-state index in [-0.39, 0.29) is 25.1 Å². The summed E-state index contributed by atoms with van der Waals surface area (Å²) in [6.45, 7) is 2.79. The van der Waals surface area contributed by atoms with Crippen LogP contribution in [0.1, 0.15) is 22.3 Å². The third-order valence-corrected chi connectivity index (χ3v) is 7.62. The van der Waals surface area contributed by atoms with Gasteiger partial charge in [-0.25, -0.2) is 18.7 Å². The number of ether oxygens (including phenoxy) is 2. The van der Waals surface area contributed by atoms with Crippen molar-refractivity contribution in [2.45, 2.75) is 32.1 Å². The van der Waals surface area contributed by atoms with Gasteiger partial charge < -0.3 is 33.9 Å². The molecule has 2 atom stereocenters. The number of nitrogens with one attached hydrogen (secondary N) is 1. The number of carbonyl (C=O) groups excluding carboxylic acids is 1. The van der Waals surface area contributed by atoms with Crippen LogP contribution in [0.25, 0.3) is 27.8 Å². The van der Waals surface area contributed by atoms with Crippen LogP contribution >= 0.6 is 0 Å². The molecule has 15 heteroatoms. The Morgan fingerprint density at radius 2 is 1.98 bits per heavy atom. The highest BCUT2D eigenvalue weighted by atomic mass is 19.1. The number of amides is 2. The molecule has 1 aliphatic heterocycles. The molecule has 0 aliphatic carbocycles. The smallest absolute Gasteiger partial charge is 0.404 e. The number of likely N-dealkylation sites (tertiary alicyclic amines) is 1. The molecule has 0 saturated carbocycles. The minimum atomic E-state index is -1.35. The van der Waals surface area contributed by atoms with Crippen LogP contribution in [0.2, 0.25) is 0 Å². The molecule has 6 rings (SSSR count). The number of piperidine rings is 1. The van der Waals surface area contributed by atoms with Crippen LogP contribution in [0.3, 0.4) is 0 Å². The van der Waals surface area contributed by atoms with Gasteiger partial charge in [-0.05, 0) is 25.1 Å². The predicted molar refractivity (Wildman–Crippen MR) is 152 cm³/mol. The van der Waals surface area contributed by atoms with Crippen molar-refractivity contribution >= 4 is 28.4 Å². The number of halogens is 1. The number of fused-ring (bicyclic) bond motifs is 2. The predicted octanol–water partition coefficient (Wildman–Crippen LogP) is 2.70. The average molecular weight is 592 g/mol. The van der Waals surface area contributed by atoms with Crippen molar-refractivity contribution in [2.75, 3.05) is 26.8 Å². The van der Waals surface area contributed by atoms with Gasteiger partial charge in [-0.2, -0.15) is 5.10 Å². The highest BCUT2D eigenvalue weighted by Gasteiger charge is 2.32. The van der Waals surface area contributed by atoms with Gasteiger partial charge in [-0.3, -0.25) is 4.79 Å². The van der Waals surface area contributed by atoms with Crippen molar-refractivity contribution in [1.82, 2.24) is 44.1 Å². The molecule has 224 valence electrons. The van der Waals surface area contributed by atoms with E-state index in [4.69, 9.17) is 19.7 Å². The second-order valence-electron chi connectivity index (χ2n) is 10.4. The Balaban J connectivity index is 1.33. The van der Waals surface area contributed by atoms with Crippen molar-refractivity contribution in [3.63, 3.8) is 0 Å². The number of aryl methyl sites for hydroxylation is 2. The summed E-state index contributed by atoms with van der Waals surface area (Å²) in [6, 6.07) is 4.80. The average Bonchev–Trinajstić information content (AvgIpc) is 3.70. The lowest BCUT2D eigenvalue weighted by Crippen LogP contribution is -2.53. The Hall–Kier alpha value is -5.21. The largest absolute Gasteiger partial charge is 0.494 e. The molecule has 6 heterocycles. The molecule has 1 aliphatic rings. The van der Waals surface area contributed by atoms with Crippen LogP contribution in [0.4, 0.5) is 9.18 Å². The molecule has 2 amide bonds. The van der Waals surface area contributed by atoms with Gasteiger partial charge in [0.2, 0.25) is 5.88 Å². The number of nitrogens with zero attached hydrogens (tertiary/aromatic N) is 8. The first-order valence-corrected chi connectivity index (χ1v) is 13.6. The second-order valence-corrected chi connectivity index (χ2v) is 10.4. The number of hydrogen-bond donors (Lipinski definition) is 2. The SMILES string of the molecule is COc1cc(C(=O)N2C[C@H](F)C[C@@H](NC(=O)O)C2)cn2nc(-c3cc4ccnc(OCCn5cnnc5)c4n3C)c(C)c12. The minimum absolute atomic E-state index is 0.00946. The standard InChI is InChI=1S/C28H30FN9O5/c1-16-23(21-8-17-4-5-30-26(25(17)35(21)2)43-7-6-36-14-31-32-15-36)34-38-11-18(9-22(42-3)24(16)38)27(39)37-12-19(29)10-20(13-37)33-28(40)41/h4-5,8-9,11,14-15,19-20,33H,6-7,10,12-13H2,1-3H3,(H,40,41)/t19-,20-/m1/s1. The minimum Gasteiger partial charge on any atom is -0.494 e. The fourth-order valence-corrected chi connectivity index (χ4v) is 5.65. The van der Waals surface area contributed by atoms with Crippen molar-refractivity contribution in [3.8, 4) is 23.0 Å². The first-order chi connectivity index (χ1) is 20.7. The maximum absolute atomic E-state index is 14.4. The molecule has 0 unspecified atom stereocenters. The van der Waals surface area contributed by atoms with E-state index in [9.17, 15) is 14.0 Å². The summed E-state index contributed by atoms with van der Waals surface area (Å²) in [5.74, 6) is 0.461. The Morgan fingerprint density at radius 1 is 1.19 bits per heavy atom. The molecule has 2 N–H and O–H groups in total. The number of carbonyl (C=O) groups is 2. The zero-order valence-electron chi connectivity index (χ0n) is 23.8. The van der Waals surface area contributed by atoms with Crippen molar-refractivity contribution in [3.05, 3.63) is 54.4 Å². The van der Waals surface area contributed by atoms with Gasteiger partial charge in [0.25, 0.3) is 5.91 Å². The number of pyridine rings is 2. The van der Waals surface area contributed by atoms with Gasteiger partial charge in [0.1, 0.15) is 47.9 Å². The molecule has 43 heavy (non-hydrogen) atoms. The molecule has 5 aromatic rings. The van der Waals surface area contributed by atoms with E-state index in [2.05, 4.69) is 20.5 Å². The zero-order chi connectivity index (χ0) is 30.2. The molecule has 1 fully saturated rings. The van der Waals surface area contributed by atoms with E-state index in [1.165, 1.54) is 12.0 Å². The topological polar surface area (TPSA) is 154 Å². The van der Waals surface area contributed by atoms with E-state index < -0.39 is 24.2 Å². The normalized spacial score (nSPS) is 17.0. The number of hydrogen-bond acceptors (Lipinski definition) is 8. The van der Waals surface area contributed by atoms with E-state index in [1.807, 2.05) is 35.2 Å². The monoisotopic (exact) mass is 591 g/mol.